The Labute approximate surface area is 206 Å². The number of nitrogens with zero attached hydrogens (tertiary/aromatic N) is 2. The normalized spacial score (nSPS) is 13.4. The molecule has 0 radical (unpaired) electrons. The number of carbonyl (C=O) groups is 1. The van der Waals surface area contributed by atoms with Crippen LogP contribution in [0.4, 0.5) is 10.5 Å². The molecule has 1 heterocycles. The number of rotatable bonds is 7. The van der Waals surface area contributed by atoms with E-state index >= 15 is 0 Å². The van der Waals surface area contributed by atoms with Gasteiger partial charge in [0.15, 0.2) is 15.8 Å². The molecule has 1 aromatic carbocycles. The molecule has 0 aliphatic heterocycles. The van der Waals surface area contributed by atoms with Crippen molar-refractivity contribution in [2.75, 3.05) is 17.5 Å². The first kappa shape index (κ1) is 26.1. The molecule has 3 rings (SSSR count). The monoisotopic (exact) mass is 497 g/mol. The number of hydrogen-bond donors (Lipinski definition) is 1. The first-order valence-corrected chi connectivity index (χ1v) is 13.5. The Morgan fingerprint density at radius 2 is 1.89 bits per heavy atom. The van der Waals surface area contributed by atoms with Crippen molar-refractivity contribution in [3.63, 3.8) is 0 Å². The van der Waals surface area contributed by atoms with E-state index < -0.39 is 21.9 Å². The maximum Gasteiger partial charge on any atom is 0.411 e. The second-order valence-corrected chi connectivity index (χ2v) is 11.0. The maximum atomic E-state index is 11.9. The van der Waals surface area contributed by atoms with Crippen LogP contribution in [0.15, 0.2) is 48.5 Å². The summed E-state index contributed by atoms with van der Waals surface area (Å²) in [7, 11) is -3.31. The van der Waals surface area contributed by atoms with Crippen LogP contribution in [-0.4, -0.2) is 37.4 Å². The number of carbonyl (C=O) groups excluding carboxylic acids is 1. The minimum atomic E-state index is -3.31. The summed E-state index contributed by atoms with van der Waals surface area (Å²) in [5.74, 6) is -0.0332. The van der Waals surface area contributed by atoms with Gasteiger partial charge in [-0.1, -0.05) is 18.2 Å². The quantitative estimate of drug-likeness (QED) is 0.539. The van der Waals surface area contributed by atoms with E-state index in [2.05, 4.69) is 16.0 Å². The van der Waals surface area contributed by atoms with Gasteiger partial charge in [0.05, 0.1) is 17.4 Å². The van der Waals surface area contributed by atoms with Crippen molar-refractivity contribution in [2.24, 2.45) is 0 Å². The summed E-state index contributed by atoms with van der Waals surface area (Å²) < 4.78 is 36.0. The van der Waals surface area contributed by atoms with E-state index in [-0.39, 0.29) is 12.1 Å². The lowest BCUT2D eigenvalue weighted by atomic mass is 9.91. The van der Waals surface area contributed by atoms with E-state index in [4.69, 9.17) is 9.47 Å². The van der Waals surface area contributed by atoms with Gasteiger partial charge in [0.2, 0.25) is 0 Å². The Morgan fingerprint density at radius 3 is 2.43 bits per heavy atom. The zero-order chi connectivity index (χ0) is 25.6. The highest BCUT2D eigenvalue weighted by atomic mass is 32.2. The number of ether oxygens (including phenoxy) is 2. The van der Waals surface area contributed by atoms with E-state index in [1.54, 1.807) is 50.2 Å². The lowest BCUT2D eigenvalue weighted by Gasteiger charge is -2.32. The third-order valence-electron chi connectivity index (χ3n) is 5.50. The van der Waals surface area contributed by atoms with E-state index in [1.165, 1.54) is 0 Å². The van der Waals surface area contributed by atoms with Gasteiger partial charge in [0.25, 0.3) is 0 Å². The minimum Gasteiger partial charge on any atom is -0.478 e. The number of anilines is 1. The number of nitriles is 1. The predicted octanol–water partition coefficient (Wildman–Crippen LogP) is 5.52. The number of nitrogens with one attached hydrogen (secondary N) is 1. The maximum absolute atomic E-state index is 11.9. The Bertz CT molecular complexity index is 1270. The molecule has 186 valence electrons. The van der Waals surface area contributed by atoms with E-state index in [0.29, 0.717) is 17.0 Å². The van der Waals surface area contributed by atoms with Crippen LogP contribution in [0.5, 0.6) is 5.75 Å². The molecule has 0 saturated heterocycles. The largest absolute Gasteiger partial charge is 0.478 e. The van der Waals surface area contributed by atoms with Gasteiger partial charge in [-0.2, -0.15) is 5.26 Å². The Kier molecular flexibility index (Phi) is 8.41. The summed E-state index contributed by atoms with van der Waals surface area (Å²) in [4.78, 5) is 11.9. The first-order valence-electron chi connectivity index (χ1n) is 11.5. The third kappa shape index (κ3) is 7.23. The van der Waals surface area contributed by atoms with Crippen LogP contribution in [0.1, 0.15) is 50.4 Å². The van der Waals surface area contributed by atoms with Crippen molar-refractivity contribution in [1.82, 2.24) is 4.57 Å². The van der Waals surface area contributed by atoms with E-state index in [1.807, 2.05) is 19.1 Å². The van der Waals surface area contributed by atoms with Gasteiger partial charge in [0, 0.05) is 23.7 Å². The number of sulfone groups is 1. The number of aromatic nitrogens is 1. The van der Waals surface area contributed by atoms with Gasteiger partial charge in [-0.3, -0.25) is 5.32 Å². The SMILES string of the molecule is Cc1cc(OCS(C)(=O)=O)cccc(C#N)c(-c2ccc(NC(=O)OC(C)C)cc2)n1C1CCC1. The highest BCUT2D eigenvalue weighted by Gasteiger charge is 2.24. The summed E-state index contributed by atoms with van der Waals surface area (Å²) >= 11 is 0. The van der Waals surface area contributed by atoms with Gasteiger partial charge < -0.3 is 14.0 Å². The molecule has 2 aromatic rings. The zero-order valence-corrected chi connectivity index (χ0v) is 21.3. The molecule has 1 aliphatic rings. The van der Waals surface area contributed by atoms with Crippen molar-refractivity contribution in [3.05, 3.63) is 59.8 Å². The van der Waals surface area contributed by atoms with Crippen LogP contribution in [0, 0.1) is 18.3 Å². The van der Waals surface area contributed by atoms with Crippen LogP contribution >= 0.6 is 0 Å². The van der Waals surface area contributed by atoms with Crippen molar-refractivity contribution in [2.45, 2.75) is 52.2 Å². The summed E-state index contributed by atoms with van der Waals surface area (Å²) in [6, 6.07) is 16.6. The van der Waals surface area contributed by atoms with Crippen molar-refractivity contribution >= 4 is 21.6 Å². The third-order valence-corrected chi connectivity index (χ3v) is 6.04. The number of aryl methyl sites for hydroxylation is 1. The van der Waals surface area contributed by atoms with Crippen LogP contribution in [0.3, 0.4) is 0 Å². The summed E-state index contributed by atoms with van der Waals surface area (Å²) in [6.07, 6.45) is 3.39. The molecule has 35 heavy (non-hydrogen) atoms. The fraction of sp³-hybridized carbons (Fsp3) is 0.385. The summed E-state index contributed by atoms with van der Waals surface area (Å²) in [5, 5.41) is 12.7. The fourth-order valence-corrected chi connectivity index (χ4v) is 4.14. The molecule has 1 aromatic heterocycles. The second-order valence-electron chi connectivity index (χ2n) is 8.89. The fourth-order valence-electron chi connectivity index (χ4n) is 3.79. The predicted molar refractivity (Wildman–Crippen MR) is 135 cm³/mol. The van der Waals surface area contributed by atoms with E-state index in [9.17, 15) is 18.5 Å². The molecular weight excluding hydrogens is 466 g/mol. The van der Waals surface area contributed by atoms with E-state index in [0.717, 1.165) is 42.5 Å². The van der Waals surface area contributed by atoms with Crippen molar-refractivity contribution in [1.29, 1.82) is 5.26 Å². The number of amides is 1. The molecule has 0 unspecified atom stereocenters. The van der Waals surface area contributed by atoms with Crippen molar-refractivity contribution in [3.8, 4) is 23.1 Å². The highest BCUT2D eigenvalue weighted by molar-refractivity contribution is 7.90. The minimum absolute atomic E-state index is 0.200. The molecule has 8 nitrogen and oxygen atoms in total. The molecule has 1 fully saturated rings. The topological polar surface area (TPSA) is 110 Å². The molecule has 1 aliphatic carbocycles. The molecule has 0 bridgehead atoms. The van der Waals surface area contributed by atoms with Crippen LogP contribution in [-0.2, 0) is 14.6 Å². The summed E-state index contributed by atoms with van der Waals surface area (Å²) in [5.41, 5.74) is 3.44. The number of benzene rings is 1. The molecule has 1 amide bonds. The smallest absolute Gasteiger partial charge is 0.411 e. The lowest BCUT2D eigenvalue weighted by molar-refractivity contribution is 0.130. The van der Waals surface area contributed by atoms with Gasteiger partial charge in [0.1, 0.15) is 11.8 Å². The average molecular weight is 498 g/mol. The molecule has 1 N–H and O–H groups in total. The molecular formula is C26H31N3O5S. The zero-order valence-electron chi connectivity index (χ0n) is 20.4. The van der Waals surface area contributed by atoms with Crippen molar-refractivity contribution < 1.29 is 22.7 Å². The first-order chi connectivity index (χ1) is 16.6. The van der Waals surface area contributed by atoms with Gasteiger partial charge in [-0.15, -0.1) is 0 Å². The van der Waals surface area contributed by atoms with Gasteiger partial charge in [-0.25, -0.2) is 13.2 Å². The van der Waals surface area contributed by atoms with Gasteiger partial charge >= 0.3 is 6.09 Å². The van der Waals surface area contributed by atoms with Crippen LogP contribution in [0.2, 0.25) is 0 Å². The number of hydrogen-bond acceptors (Lipinski definition) is 6. The molecule has 0 spiro atoms. The second kappa shape index (κ2) is 11.3. The van der Waals surface area contributed by atoms with Gasteiger partial charge in [-0.05, 0) is 75.9 Å². The van der Waals surface area contributed by atoms with Crippen LogP contribution < -0.4 is 10.1 Å². The Morgan fingerprint density at radius 1 is 1.20 bits per heavy atom. The molecule has 9 heteroatoms. The van der Waals surface area contributed by atoms with Crippen LogP contribution in [0.25, 0.3) is 11.3 Å². The standard InChI is InChI=1S/C26H31N3O5S/c1-18(2)34-26(30)28-22-13-11-20(12-14-22)25-21(16-27)7-5-10-24(33-17-35(4,31)32)15-19(3)29(25)23-8-6-9-23/h5,7,10-15,18,23H,6,8-9,17H2,1-4H3,(H,28,30). The summed E-state index contributed by atoms with van der Waals surface area (Å²) in [6.45, 7) is 5.48. The lowest BCUT2D eigenvalue weighted by Crippen LogP contribution is -2.21. The molecule has 0 atom stereocenters. The Balaban J connectivity index is 2.12. The highest BCUT2D eigenvalue weighted by Crippen LogP contribution is 2.37. The average Bonchev–Trinajstić information content (AvgIpc) is 2.79. The molecule has 1 saturated carbocycles. The Hall–Kier alpha value is -3.51.